The standard InChI is InChI=1S/C13H14BrN5O.HI/c1-19-6-5-15-13(19)16-8-11-17-12(18-20-11)9-3-2-4-10(14)7-9;/h2-4,7H,5-6,8H2,1H3,(H,15,16);1H. The van der Waals surface area contributed by atoms with Crippen LogP contribution < -0.4 is 5.32 Å². The highest BCUT2D eigenvalue weighted by Crippen LogP contribution is 2.20. The van der Waals surface area contributed by atoms with Gasteiger partial charge in [0.15, 0.2) is 5.96 Å². The van der Waals surface area contributed by atoms with Gasteiger partial charge in [0.2, 0.25) is 11.7 Å². The quantitative estimate of drug-likeness (QED) is 0.708. The van der Waals surface area contributed by atoms with Gasteiger partial charge in [-0.25, -0.2) is 0 Å². The molecule has 2 heterocycles. The lowest BCUT2D eigenvalue weighted by Gasteiger charge is -2.13. The van der Waals surface area contributed by atoms with Gasteiger partial charge in [-0.3, -0.25) is 4.99 Å². The van der Waals surface area contributed by atoms with E-state index in [4.69, 9.17) is 4.52 Å². The number of guanidine groups is 1. The van der Waals surface area contributed by atoms with Crippen molar-refractivity contribution >= 4 is 45.9 Å². The second kappa shape index (κ2) is 7.21. The van der Waals surface area contributed by atoms with Crippen molar-refractivity contribution in [3.8, 4) is 11.4 Å². The third kappa shape index (κ3) is 3.94. The summed E-state index contributed by atoms with van der Waals surface area (Å²) in [6, 6.07) is 7.80. The van der Waals surface area contributed by atoms with Gasteiger partial charge in [-0.2, -0.15) is 4.98 Å². The number of nitrogens with zero attached hydrogens (tertiary/aromatic N) is 4. The minimum atomic E-state index is 0. The van der Waals surface area contributed by atoms with Gasteiger partial charge in [-0.15, -0.1) is 24.0 Å². The van der Waals surface area contributed by atoms with Gasteiger partial charge in [-0.05, 0) is 12.1 Å². The Kier molecular flexibility index (Phi) is 5.57. The van der Waals surface area contributed by atoms with E-state index in [9.17, 15) is 0 Å². The molecule has 1 aromatic carbocycles. The Labute approximate surface area is 148 Å². The third-order valence-corrected chi connectivity index (χ3v) is 3.50. The molecule has 0 bridgehead atoms. The van der Waals surface area contributed by atoms with Crippen LogP contribution in [0.5, 0.6) is 0 Å². The first-order chi connectivity index (χ1) is 9.72. The van der Waals surface area contributed by atoms with E-state index in [-0.39, 0.29) is 24.0 Å². The molecule has 0 fully saturated rings. The van der Waals surface area contributed by atoms with Gasteiger partial charge in [0.05, 0.1) is 13.1 Å². The van der Waals surface area contributed by atoms with Gasteiger partial charge < -0.3 is 14.7 Å². The second-order valence-electron chi connectivity index (χ2n) is 4.50. The summed E-state index contributed by atoms with van der Waals surface area (Å²) in [5.74, 6) is 2.00. The number of aliphatic imine (C=N–C) groups is 1. The fourth-order valence-electron chi connectivity index (χ4n) is 1.95. The molecule has 6 nitrogen and oxygen atoms in total. The smallest absolute Gasteiger partial charge is 0.246 e. The van der Waals surface area contributed by atoms with Crippen LogP contribution >= 0.6 is 39.9 Å². The molecule has 0 aliphatic carbocycles. The molecule has 2 aromatic rings. The molecule has 3 rings (SSSR count). The second-order valence-corrected chi connectivity index (χ2v) is 5.42. The predicted molar refractivity (Wildman–Crippen MR) is 94.6 cm³/mol. The summed E-state index contributed by atoms with van der Waals surface area (Å²) in [6.07, 6.45) is 0. The molecule has 0 amide bonds. The van der Waals surface area contributed by atoms with Gasteiger partial charge in [0.1, 0.15) is 0 Å². The van der Waals surface area contributed by atoms with Gasteiger partial charge in [0.25, 0.3) is 0 Å². The van der Waals surface area contributed by atoms with E-state index >= 15 is 0 Å². The monoisotopic (exact) mass is 463 g/mol. The molecule has 1 aromatic heterocycles. The van der Waals surface area contributed by atoms with Crippen LogP contribution in [0.3, 0.4) is 0 Å². The van der Waals surface area contributed by atoms with Crippen molar-refractivity contribution in [2.75, 3.05) is 20.1 Å². The third-order valence-electron chi connectivity index (χ3n) is 3.01. The molecule has 112 valence electrons. The number of rotatable bonds is 3. The summed E-state index contributed by atoms with van der Waals surface area (Å²) in [4.78, 5) is 10.8. The van der Waals surface area contributed by atoms with Crippen LogP contribution in [0, 0.1) is 0 Å². The maximum absolute atomic E-state index is 5.24. The lowest BCUT2D eigenvalue weighted by Crippen LogP contribution is -2.35. The molecule has 0 saturated heterocycles. The summed E-state index contributed by atoms with van der Waals surface area (Å²) in [5.41, 5.74) is 0.921. The average molecular weight is 464 g/mol. The van der Waals surface area contributed by atoms with Crippen molar-refractivity contribution in [2.45, 2.75) is 6.54 Å². The highest BCUT2D eigenvalue weighted by Gasteiger charge is 2.14. The molecule has 21 heavy (non-hydrogen) atoms. The Morgan fingerprint density at radius 2 is 2.29 bits per heavy atom. The van der Waals surface area contributed by atoms with Crippen LogP contribution in [0.1, 0.15) is 5.89 Å². The first kappa shape index (κ1) is 16.2. The van der Waals surface area contributed by atoms with Crippen molar-refractivity contribution < 1.29 is 4.52 Å². The van der Waals surface area contributed by atoms with Crippen molar-refractivity contribution in [1.82, 2.24) is 20.4 Å². The first-order valence-electron chi connectivity index (χ1n) is 6.30. The summed E-state index contributed by atoms with van der Waals surface area (Å²) in [7, 11) is 2.00. The van der Waals surface area contributed by atoms with E-state index in [2.05, 4.69) is 41.3 Å². The highest BCUT2D eigenvalue weighted by atomic mass is 127. The molecule has 0 spiro atoms. The number of aromatic nitrogens is 2. The lowest BCUT2D eigenvalue weighted by molar-refractivity contribution is 0.373. The fraction of sp³-hybridized carbons (Fsp3) is 0.308. The average Bonchev–Trinajstić information content (AvgIpc) is 3.05. The van der Waals surface area contributed by atoms with Gasteiger partial charge >= 0.3 is 0 Å². The molecular formula is C13H15BrIN5O. The van der Waals surface area contributed by atoms with Crippen molar-refractivity contribution in [3.63, 3.8) is 0 Å². The Morgan fingerprint density at radius 3 is 3.00 bits per heavy atom. The highest BCUT2D eigenvalue weighted by molar-refractivity contribution is 14.0. The molecule has 1 aliphatic rings. The number of benzene rings is 1. The topological polar surface area (TPSA) is 66.5 Å². The molecule has 0 atom stereocenters. The van der Waals surface area contributed by atoms with Crippen molar-refractivity contribution in [2.24, 2.45) is 4.99 Å². The Morgan fingerprint density at radius 1 is 1.43 bits per heavy atom. The Hall–Kier alpha value is -1.16. The van der Waals surface area contributed by atoms with Crippen molar-refractivity contribution in [3.05, 3.63) is 34.6 Å². The summed E-state index contributed by atoms with van der Waals surface area (Å²) in [5, 5.41) is 7.19. The number of halogens is 2. The Bertz CT molecular complexity index is 645. The largest absolute Gasteiger partial charge is 0.347 e. The van der Waals surface area contributed by atoms with Crippen LogP contribution in [0.2, 0.25) is 0 Å². The number of hydrogen-bond acceptors (Lipinski definition) is 6. The molecule has 0 unspecified atom stereocenters. The van der Waals surface area contributed by atoms with E-state index in [1.165, 1.54) is 0 Å². The van der Waals surface area contributed by atoms with Crippen LogP contribution in [0.4, 0.5) is 0 Å². The van der Waals surface area contributed by atoms with Gasteiger partial charge in [-0.1, -0.05) is 33.2 Å². The minimum Gasteiger partial charge on any atom is -0.347 e. The SMILES string of the molecule is CN1CCN=C1NCc1nc(-c2cccc(Br)c2)no1.I. The predicted octanol–water partition coefficient (Wildman–Crippen LogP) is 2.51. The normalized spacial score (nSPS) is 13.8. The molecule has 8 heteroatoms. The molecule has 0 saturated carbocycles. The van der Waals surface area contributed by atoms with Gasteiger partial charge in [0, 0.05) is 23.6 Å². The Balaban J connectivity index is 0.00000161. The zero-order valence-corrected chi connectivity index (χ0v) is 15.3. The van der Waals surface area contributed by atoms with Crippen LogP contribution in [-0.4, -0.2) is 41.1 Å². The lowest BCUT2D eigenvalue weighted by atomic mass is 10.2. The first-order valence-corrected chi connectivity index (χ1v) is 7.09. The molecular weight excluding hydrogens is 449 g/mol. The molecule has 1 N–H and O–H groups in total. The zero-order chi connectivity index (χ0) is 13.9. The summed E-state index contributed by atoms with van der Waals surface area (Å²) < 4.78 is 6.23. The minimum absolute atomic E-state index is 0. The van der Waals surface area contributed by atoms with E-state index in [0.717, 1.165) is 29.1 Å². The number of likely N-dealkylation sites (N-methyl/N-ethyl adjacent to an activating group) is 1. The maximum Gasteiger partial charge on any atom is 0.246 e. The molecule has 0 radical (unpaired) electrons. The zero-order valence-electron chi connectivity index (χ0n) is 11.4. The fourth-order valence-corrected chi connectivity index (χ4v) is 2.35. The summed E-state index contributed by atoms with van der Waals surface area (Å²) >= 11 is 3.43. The number of nitrogens with one attached hydrogen (secondary N) is 1. The van der Waals surface area contributed by atoms with E-state index in [1.807, 2.05) is 31.3 Å². The van der Waals surface area contributed by atoms with Crippen LogP contribution in [0.25, 0.3) is 11.4 Å². The molecule has 1 aliphatic heterocycles. The number of hydrogen-bond donors (Lipinski definition) is 1. The van der Waals surface area contributed by atoms with E-state index in [0.29, 0.717) is 18.3 Å². The van der Waals surface area contributed by atoms with Crippen LogP contribution in [0.15, 0.2) is 38.3 Å². The van der Waals surface area contributed by atoms with E-state index < -0.39 is 0 Å². The van der Waals surface area contributed by atoms with Crippen LogP contribution in [-0.2, 0) is 6.54 Å². The van der Waals surface area contributed by atoms with E-state index in [1.54, 1.807) is 0 Å². The maximum atomic E-state index is 5.24. The summed E-state index contributed by atoms with van der Waals surface area (Å²) in [6.45, 7) is 2.24. The van der Waals surface area contributed by atoms with Crippen molar-refractivity contribution in [1.29, 1.82) is 0 Å².